The summed E-state index contributed by atoms with van der Waals surface area (Å²) in [5.74, 6) is 0.136. The summed E-state index contributed by atoms with van der Waals surface area (Å²) in [7, 11) is 0. The number of rotatable bonds is 3. The molecule has 1 aliphatic carbocycles. The molecule has 88 valence electrons. The SMILES string of the molecule is CC(=O)Nc1ccc(SC2=CC(=O)CC2)cc1. The molecule has 0 heterocycles. The van der Waals surface area contributed by atoms with E-state index in [0.717, 1.165) is 21.9 Å². The van der Waals surface area contributed by atoms with Crippen LogP contribution in [0.3, 0.4) is 0 Å². The summed E-state index contributed by atoms with van der Waals surface area (Å²) in [6.45, 7) is 1.48. The first kappa shape index (κ1) is 11.9. The van der Waals surface area contributed by atoms with Gasteiger partial charge in [-0.3, -0.25) is 9.59 Å². The van der Waals surface area contributed by atoms with Gasteiger partial charge in [0, 0.05) is 23.9 Å². The number of carbonyl (C=O) groups is 2. The third kappa shape index (κ3) is 3.46. The van der Waals surface area contributed by atoms with Crippen molar-refractivity contribution in [3.05, 3.63) is 35.2 Å². The molecule has 0 atom stereocenters. The van der Waals surface area contributed by atoms with E-state index < -0.39 is 0 Å². The van der Waals surface area contributed by atoms with Crippen LogP contribution in [0.4, 0.5) is 5.69 Å². The quantitative estimate of drug-likeness (QED) is 0.893. The van der Waals surface area contributed by atoms with Crippen LogP contribution in [-0.4, -0.2) is 11.7 Å². The molecule has 0 fully saturated rings. The lowest BCUT2D eigenvalue weighted by molar-refractivity contribution is -0.114. The highest BCUT2D eigenvalue weighted by molar-refractivity contribution is 8.03. The number of allylic oxidation sites excluding steroid dienone is 2. The van der Waals surface area contributed by atoms with E-state index in [0.29, 0.717) is 6.42 Å². The lowest BCUT2D eigenvalue weighted by atomic mass is 10.3. The maximum Gasteiger partial charge on any atom is 0.221 e. The number of ketones is 1. The van der Waals surface area contributed by atoms with E-state index in [1.54, 1.807) is 17.8 Å². The van der Waals surface area contributed by atoms with E-state index in [9.17, 15) is 9.59 Å². The third-order valence-corrected chi connectivity index (χ3v) is 3.46. The van der Waals surface area contributed by atoms with Gasteiger partial charge in [-0.25, -0.2) is 0 Å². The molecule has 0 spiro atoms. The molecule has 0 bridgehead atoms. The van der Waals surface area contributed by atoms with E-state index >= 15 is 0 Å². The number of amides is 1. The second-order valence-electron chi connectivity index (χ2n) is 3.88. The Morgan fingerprint density at radius 2 is 1.94 bits per heavy atom. The Kier molecular flexibility index (Phi) is 3.64. The van der Waals surface area contributed by atoms with Gasteiger partial charge in [-0.05, 0) is 41.7 Å². The van der Waals surface area contributed by atoms with Crippen molar-refractivity contribution < 1.29 is 9.59 Å². The van der Waals surface area contributed by atoms with Gasteiger partial charge in [-0.1, -0.05) is 11.8 Å². The summed E-state index contributed by atoms with van der Waals surface area (Å²) in [5, 5.41) is 2.72. The highest BCUT2D eigenvalue weighted by Gasteiger charge is 2.12. The Hall–Kier alpha value is -1.55. The van der Waals surface area contributed by atoms with Gasteiger partial charge in [0.1, 0.15) is 0 Å². The van der Waals surface area contributed by atoms with Gasteiger partial charge in [-0.15, -0.1) is 0 Å². The second kappa shape index (κ2) is 5.19. The molecular formula is C13H13NO2S. The summed E-state index contributed by atoms with van der Waals surface area (Å²) >= 11 is 1.61. The predicted octanol–water partition coefficient (Wildman–Crippen LogP) is 2.98. The molecule has 1 aliphatic rings. The fourth-order valence-electron chi connectivity index (χ4n) is 1.61. The smallest absolute Gasteiger partial charge is 0.221 e. The van der Waals surface area contributed by atoms with Crippen molar-refractivity contribution in [3.63, 3.8) is 0 Å². The van der Waals surface area contributed by atoms with E-state index in [1.807, 2.05) is 24.3 Å². The molecule has 3 nitrogen and oxygen atoms in total. The third-order valence-electron chi connectivity index (χ3n) is 2.36. The normalized spacial score (nSPS) is 14.6. The van der Waals surface area contributed by atoms with Gasteiger partial charge in [0.2, 0.25) is 5.91 Å². The number of nitrogens with one attached hydrogen (secondary N) is 1. The predicted molar refractivity (Wildman–Crippen MR) is 68.9 cm³/mol. The number of hydrogen-bond donors (Lipinski definition) is 1. The highest BCUT2D eigenvalue weighted by atomic mass is 32.2. The van der Waals surface area contributed by atoms with Gasteiger partial charge in [0.15, 0.2) is 5.78 Å². The van der Waals surface area contributed by atoms with Crippen LogP contribution in [0.2, 0.25) is 0 Å². The van der Waals surface area contributed by atoms with E-state index in [2.05, 4.69) is 5.32 Å². The van der Waals surface area contributed by atoms with Crippen LogP contribution in [0.25, 0.3) is 0 Å². The van der Waals surface area contributed by atoms with Gasteiger partial charge in [0.05, 0.1) is 0 Å². The Morgan fingerprint density at radius 3 is 2.47 bits per heavy atom. The lowest BCUT2D eigenvalue weighted by Crippen LogP contribution is -2.05. The molecule has 0 saturated carbocycles. The number of carbonyl (C=O) groups excluding carboxylic acids is 2. The van der Waals surface area contributed by atoms with Crippen molar-refractivity contribution in [1.29, 1.82) is 0 Å². The van der Waals surface area contributed by atoms with Crippen molar-refractivity contribution >= 4 is 29.1 Å². The summed E-state index contributed by atoms with van der Waals surface area (Å²) in [6.07, 6.45) is 3.19. The number of hydrogen-bond acceptors (Lipinski definition) is 3. The molecule has 2 rings (SSSR count). The van der Waals surface area contributed by atoms with Crippen molar-refractivity contribution in [2.75, 3.05) is 5.32 Å². The Balaban J connectivity index is 2.01. The zero-order valence-corrected chi connectivity index (χ0v) is 10.3. The minimum absolute atomic E-state index is 0.0745. The molecule has 1 aromatic carbocycles. The molecule has 0 aliphatic heterocycles. The molecule has 4 heteroatoms. The van der Waals surface area contributed by atoms with Crippen molar-refractivity contribution in [1.82, 2.24) is 0 Å². The minimum Gasteiger partial charge on any atom is -0.326 e. The standard InChI is InChI=1S/C13H13NO2S/c1-9(15)14-10-2-5-12(6-3-10)17-13-7-4-11(16)8-13/h2-3,5-6,8H,4,7H2,1H3,(H,14,15). The van der Waals surface area contributed by atoms with Crippen LogP contribution in [-0.2, 0) is 9.59 Å². The Morgan fingerprint density at radius 1 is 1.24 bits per heavy atom. The largest absolute Gasteiger partial charge is 0.326 e. The first-order valence-corrected chi connectivity index (χ1v) is 6.24. The maximum absolute atomic E-state index is 11.1. The second-order valence-corrected chi connectivity index (χ2v) is 5.08. The summed E-state index contributed by atoms with van der Waals surface area (Å²) in [6, 6.07) is 7.61. The zero-order valence-electron chi connectivity index (χ0n) is 9.53. The van der Waals surface area contributed by atoms with Crippen LogP contribution in [0.15, 0.2) is 40.1 Å². The Labute approximate surface area is 104 Å². The maximum atomic E-state index is 11.1. The van der Waals surface area contributed by atoms with E-state index in [1.165, 1.54) is 6.92 Å². The minimum atomic E-state index is -0.0745. The van der Waals surface area contributed by atoms with Crippen molar-refractivity contribution in [3.8, 4) is 0 Å². The summed E-state index contributed by atoms with van der Waals surface area (Å²) < 4.78 is 0. The first-order chi connectivity index (χ1) is 8.13. The van der Waals surface area contributed by atoms with Crippen LogP contribution in [0, 0.1) is 0 Å². The van der Waals surface area contributed by atoms with Crippen LogP contribution < -0.4 is 5.32 Å². The molecule has 1 amide bonds. The van der Waals surface area contributed by atoms with Crippen LogP contribution in [0.5, 0.6) is 0 Å². The molecule has 17 heavy (non-hydrogen) atoms. The number of anilines is 1. The summed E-state index contributed by atoms with van der Waals surface area (Å²) in [4.78, 5) is 24.1. The molecule has 0 unspecified atom stereocenters. The molecule has 1 N–H and O–H groups in total. The fraction of sp³-hybridized carbons (Fsp3) is 0.231. The number of thioether (sulfide) groups is 1. The van der Waals surface area contributed by atoms with Crippen LogP contribution >= 0.6 is 11.8 Å². The highest BCUT2D eigenvalue weighted by Crippen LogP contribution is 2.33. The van der Waals surface area contributed by atoms with Gasteiger partial charge in [-0.2, -0.15) is 0 Å². The van der Waals surface area contributed by atoms with Gasteiger partial charge >= 0.3 is 0 Å². The van der Waals surface area contributed by atoms with Crippen molar-refractivity contribution in [2.45, 2.75) is 24.7 Å². The van der Waals surface area contributed by atoms with Crippen LogP contribution in [0.1, 0.15) is 19.8 Å². The molecular weight excluding hydrogens is 234 g/mol. The lowest BCUT2D eigenvalue weighted by Gasteiger charge is -2.04. The Bertz CT molecular complexity index is 477. The molecule has 0 radical (unpaired) electrons. The topological polar surface area (TPSA) is 46.2 Å². The number of benzene rings is 1. The first-order valence-electron chi connectivity index (χ1n) is 5.42. The van der Waals surface area contributed by atoms with Gasteiger partial charge in [0.25, 0.3) is 0 Å². The zero-order chi connectivity index (χ0) is 12.3. The van der Waals surface area contributed by atoms with E-state index in [4.69, 9.17) is 0 Å². The van der Waals surface area contributed by atoms with E-state index in [-0.39, 0.29) is 11.7 Å². The summed E-state index contributed by atoms with van der Waals surface area (Å²) in [5.41, 5.74) is 0.790. The molecule has 0 saturated heterocycles. The fourth-order valence-corrected chi connectivity index (χ4v) is 2.58. The van der Waals surface area contributed by atoms with Crippen molar-refractivity contribution in [2.24, 2.45) is 0 Å². The average Bonchev–Trinajstić information content (AvgIpc) is 2.66. The average molecular weight is 247 g/mol. The monoisotopic (exact) mass is 247 g/mol. The molecule has 1 aromatic rings. The molecule has 0 aromatic heterocycles. The van der Waals surface area contributed by atoms with Gasteiger partial charge < -0.3 is 5.32 Å².